The summed E-state index contributed by atoms with van der Waals surface area (Å²) in [6.07, 6.45) is 3.69. The highest BCUT2D eigenvalue weighted by atomic mass is 16.4. The summed E-state index contributed by atoms with van der Waals surface area (Å²) >= 11 is 0. The van der Waals surface area contributed by atoms with Gasteiger partial charge in [-0.25, -0.2) is 4.79 Å². The monoisotopic (exact) mass is 340 g/mol. The maximum Gasteiger partial charge on any atom is 0.328 e. The normalized spacial score (nSPS) is 10.7. The van der Waals surface area contributed by atoms with Crippen molar-refractivity contribution in [2.45, 2.75) is 19.5 Å². The minimum atomic E-state index is -0.934. The van der Waals surface area contributed by atoms with Crippen LogP contribution in [0.15, 0.2) is 58.4 Å². The van der Waals surface area contributed by atoms with E-state index in [1.54, 1.807) is 12.3 Å². The number of aromatic amines is 1. The lowest BCUT2D eigenvalue weighted by molar-refractivity contribution is -0.137. The van der Waals surface area contributed by atoms with Gasteiger partial charge in [-0.3, -0.25) is 23.8 Å². The molecule has 0 aliphatic heterocycles. The van der Waals surface area contributed by atoms with Gasteiger partial charge in [-0.2, -0.15) is 5.10 Å². The third kappa shape index (κ3) is 4.31. The molecule has 1 aromatic carbocycles. The second-order valence-electron chi connectivity index (χ2n) is 5.63. The Hall–Kier alpha value is -3.42. The molecule has 0 radical (unpaired) electrons. The van der Waals surface area contributed by atoms with Crippen molar-refractivity contribution < 1.29 is 9.90 Å². The minimum absolute atomic E-state index is 0.160. The van der Waals surface area contributed by atoms with Crippen LogP contribution in [-0.4, -0.2) is 30.4 Å². The number of carboxylic acids is 1. The standard InChI is InChI=1S/C17H16N4O4/c22-15-6-7-20(17(25)18-15)10-13-3-1-12(2-4-13)9-14-5-8-21(19-14)11-16(23)24/h1-8H,9-11H2,(H,23,24)(H,18,22,25). The molecule has 3 aromatic rings. The summed E-state index contributed by atoms with van der Waals surface area (Å²) in [5.74, 6) is -0.934. The lowest BCUT2D eigenvalue weighted by atomic mass is 10.1. The molecule has 0 atom stereocenters. The van der Waals surface area contributed by atoms with Crippen molar-refractivity contribution >= 4 is 5.97 Å². The Morgan fingerprint density at radius 2 is 1.76 bits per heavy atom. The van der Waals surface area contributed by atoms with Gasteiger partial charge in [0.05, 0.1) is 12.2 Å². The molecule has 128 valence electrons. The largest absolute Gasteiger partial charge is 0.480 e. The van der Waals surface area contributed by atoms with Gasteiger partial charge in [0.25, 0.3) is 5.56 Å². The summed E-state index contributed by atoms with van der Waals surface area (Å²) < 4.78 is 2.80. The highest BCUT2D eigenvalue weighted by Gasteiger charge is 2.05. The molecule has 2 heterocycles. The van der Waals surface area contributed by atoms with Crippen LogP contribution in [0.2, 0.25) is 0 Å². The zero-order chi connectivity index (χ0) is 17.8. The van der Waals surface area contributed by atoms with Crippen LogP contribution in [-0.2, 0) is 24.3 Å². The van der Waals surface area contributed by atoms with Gasteiger partial charge in [0.1, 0.15) is 6.54 Å². The van der Waals surface area contributed by atoms with Crippen LogP contribution in [0.25, 0.3) is 0 Å². The number of nitrogens with zero attached hydrogens (tertiary/aromatic N) is 3. The lowest BCUT2D eigenvalue weighted by Crippen LogP contribution is -2.28. The predicted octanol–water partition coefficient (Wildman–Crippen LogP) is 0.457. The van der Waals surface area contributed by atoms with Gasteiger partial charge in [-0.05, 0) is 17.2 Å². The summed E-state index contributed by atoms with van der Waals surface area (Å²) in [4.78, 5) is 35.6. The summed E-state index contributed by atoms with van der Waals surface area (Å²) in [5.41, 5.74) is 1.87. The molecule has 2 N–H and O–H groups in total. The summed E-state index contributed by atoms with van der Waals surface area (Å²) in [5, 5.41) is 13.0. The first-order valence-electron chi connectivity index (χ1n) is 7.61. The average Bonchev–Trinajstić information content (AvgIpc) is 2.98. The fraction of sp³-hybridized carbons (Fsp3) is 0.176. The molecule has 0 spiro atoms. The highest BCUT2D eigenvalue weighted by molar-refractivity contribution is 5.66. The van der Waals surface area contributed by atoms with E-state index in [0.29, 0.717) is 13.0 Å². The van der Waals surface area contributed by atoms with Gasteiger partial charge in [0.2, 0.25) is 0 Å². The van der Waals surface area contributed by atoms with Crippen molar-refractivity contribution in [1.82, 2.24) is 19.3 Å². The topological polar surface area (TPSA) is 110 Å². The molecule has 8 heteroatoms. The van der Waals surface area contributed by atoms with E-state index >= 15 is 0 Å². The van der Waals surface area contributed by atoms with Gasteiger partial charge >= 0.3 is 11.7 Å². The Kier molecular flexibility index (Phi) is 4.60. The maximum absolute atomic E-state index is 11.7. The molecule has 3 rings (SSSR count). The van der Waals surface area contributed by atoms with Crippen LogP contribution in [0, 0.1) is 0 Å². The number of carboxylic acid groups (broad SMARTS) is 1. The summed E-state index contributed by atoms with van der Waals surface area (Å²) in [6.45, 7) is 0.204. The molecular formula is C17H16N4O4. The lowest BCUT2D eigenvalue weighted by Gasteiger charge is -2.06. The summed E-state index contributed by atoms with van der Waals surface area (Å²) in [6, 6.07) is 10.8. The van der Waals surface area contributed by atoms with Crippen molar-refractivity contribution in [2.24, 2.45) is 0 Å². The molecule has 2 aromatic heterocycles. The number of nitrogens with one attached hydrogen (secondary N) is 1. The van der Waals surface area contributed by atoms with Gasteiger partial charge < -0.3 is 5.11 Å². The van der Waals surface area contributed by atoms with E-state index in [9.17, 15) is 14.4 Å². The van der Waals surface area contributed by atoms with Gasteiger partial charge in [-0.15, -0.1) is 0 Å². The van der Waals surface area contributed by atoms with Crippen LogP contribution in [0.1, 0.15) is 16.8 Å². The fourth-order valence-corrected chi connectivity index (χ4v) is 2.46. The van der Waals surface area contributed by atoms with E-state index in [0.717, 1.165) is 16.8 Å². The van der Waals surface area contributed by atoms with E-state index in [4.69, 9.17) is 5.11 Å². The van der Waals surface area contributed by atoms with E-state index < -0.39 is 17.2 Å². The Bertz CT molecular complexity index is 998. The quantitative estimate of drug-likeness (QED) is 0.677. The number of benzene rings is 1. The van der Waals surface area contributed by atoms with Crippen LogP contribution >= 0.6 is 0 Å². The predicted molar refractivity (Wildman–Crippen MR) is 89.5 cm³/mol. The Balaban J connectivity index is 1.67. The van der Waals surface area contributed by atoms with Crippen LogP contribution in [0.5, 0.6) is 0 Å². The first-order valence-corrected chi connectivity index (χ1v) is 7.61. The number of rotatable bonds is 6. The molecular weight excluding hydrogens is 324 g/mol. The SMILES string of the molecule is O=C(O)Cn1ccc(Cc2ccc(Cn3ccc(=O)[nH]c3=O)cc2)n1. The van der Waals surface area contributed by atoms with Crippen molar-refractivity contribution in [3.05, 3.63) is 86.5 Å². The number of aromatic nitrogens is 4. The minimum Gasteiger partial charge on any atom is -0.480 e. The molecule has 0 fully saturated rings. The van der Waals surface area contributed by atoms with Crippen molar-refractivity contribution in [2.75, 3.05) is 0 Å². The van der Waals surface area contributed by atoms with Crippen molar-refractivity contribution in [1.29, 1.82) is 0 Å². The zero-order valence-electron chi connectivity index (χ0n) is 13.3. The van der Waals surface area contributed by atoms with E-state index in [1.807, 2.05) is 24.3 Å². The van der Waals surface area contributed by atoms with Crippen LogP contribution in [0.3, 0.4) is 0 Å². The Labute approximate surface area is 142 Å². The second-order valence-corrected chi connectivity index (χ2v) is 5.63. The third-order valence-electron chi connectivity index (χ3n) is 3.65. The Morgan fingerprint density at radius 3 is 2.44 bits per heavy atom. The number of hydrogen-bond acceptors (Lipinski definition) is 4. The van der Waals surface area contributed by atoms with Crippen LogP contribution < -0.4 is 11.2 Å². The van der Waals surface area contributed by atoms with Crippen molar-refractivity contribution in [3.8, 4) is 0 Å². The molecule has 0 aliphatic carbocycles. The van der Waals surface area contributed by atoms with E-state index in [2.05, 4.69) is 10.1 Å². The summed E-state index contributed by atoms with van der Waals surface area (Å²) in [7, 11) is 0. The van der Waals surface area contributed by atoms with E-state index in [-0.39, 0.29) is 6.54 Å². The molecule has 0 saturated carbocycles. The van der Waals surface area contributed by atoms with E-state index in [1.165, 1.54) is 21.5 Å². The number of carbonyl (C=O) groups is 1. The molecule has 0 saturated heterocycles. The molecule has 0 amide bonds. The molecule has 0 aliphatic rings. The molecule has 0 bridgehead atoms. The first kappa shape index (κ1) is 16.4. The third-order valence-corrected chi connectivity index (χ3v) is 3.65. The fourth-order valence-electron chi connectivity index (χ4n) is 2.46. The van der Waals surface area contributed by atoms with Crippen LogP contribution in [0.4, 0.5) is 0 Å². The van der Waals surface area contributed by atoms with Gasteiger partial charge in [0, 0.05) is 24.9 Å². The molecule has 8 nitrogen and oxygen atoms in total. The average molecular weight is 340 g/mol. The molecule has 0 unspecified atom stereocenters. The Morgan fingerprint density at radius 1 is 1.04 bits per heavy atom. The number of H-pyrrole nitrogens is 1. The highest BCUT2D eigenvalue weighted by Crippen LogP contribution is 2.10. The number of hydrogen-bond donors (Lipinski definition) is 2. The first-order chi connectivity index (χ1) is 12.0. The molecule has 25 heavy (non-hydrogen) atoms. The number of aliphatic carboxylic acids is 1. The van der Waals surface area contributed by atoms with Gasteiger partial charge in [-0.1, -0.05) is 24.3 Å². The second kappa shape index (κ2) is 7.00. The van der Waals surface area contributed by atoms with Crippen molar-refractivity contribution in [3.63, 3.8) is 0 Å². The maximum atomic E-state index is 11.7. The smallest absolute Gasteiger partial charge is 0.328 e. The zero-order valence-corrected chi connectivity index (χ0v) is 13.3. The van der Waals surface area contributed by atoms with Gasteiger partial charge in [0.15, 0.2) is 0 Å².